The van der Waals surface area contributed by atoms with Crippen molar-refractivity contribution >= 4 is 44.2 Å². The van der Waals surface area contributed by atoms with Gasteiger partial charge in [0.2, 0.25) is 5.91 Å². The third-order valence-electron chi connectivity index (χ3n) is 5.85. The molecule has 2 atom stereocenters. The fourth-order valence-corrected chi connectivity index (χ4v) is 4.70. The number of aliphatic hydroxyl groups is 1. The number of primary amides is 1. The van der Waals surface area contributed by atoms with Crippen LogP contribution in [0.3, 0.4) is 0 Å². The predicted molar refractivity (Wildman–Crippen MR) is 151 cm³/mol. The first-order chi connectivity index (χ1) is 17.7. The number of anilines is 2. The molecule has 9 heteroatoms. The van der Waals surface area contributed by atoms with E-state index in [1.165, 1.54) is 16.9 Å². The summed E-state index contributed by atoms with van der Waals surface area (Å²) in [6.45, 7) is 6.75. The van der Waals surface area contributed by atoms with Crippen molar-refractivity contribution in [2.75, 3.05) is 17.6 Å². The molecule has 0 spiro atoms. The molecule has 0 aliphatic carbocycles. The molecule has 1 aromatic heterocycles. The SMILES string of the molecule is CCNC(c1ccc(CC)c(C)c1)C(O)C(=O)Nc1ccc2nc(N)sc2c1.NC(=O)c1ccccc1. The highest BCUT2D eigenvalue weighted by Crippen LogP contribution is 2.27. The number of aryl methyl sites for hydroxylation is 2. The number of hydrogen-bond donors (Lipinski definition) is 5. The number of nitrogens with zero attached hydrogens (tertiary/aromatic N) is 1. The number of nitrogens with one attached hydrogen (secondary N) is 2. The Morgan fingerprint density at radius 3 is 2.38 bits per heavy atom. The smallest absolute Gasteiger partial charge is 0.255 e. The highest BCUT2D eigenvalue weighted by Gasteiger charge is 2.27. The van der Waals surface area contributed by atoms with Gasteiger partial charge in [0.25, 0.3) is 5.91 Å². The second-order valence-electron chi connectivity index (χ2n) is 8.47. The lowest BCUT2D eigenvalue weighted by atomic mass is 9.95. The van der Waals surface area contributed by atoms with E-state index in [2.05, 4.69) is 28.6 Å². The standard InChI is InChI=1S/C21H26N4O2S.C7H7NO/c1-4-13-6-7-14(10-12(13)3)18(23-5-2)19(26)20(27)24-15-8-9-16-17(11-15)28-21(22)25-16;8-7(9)6-4-2-1-3-5-6/h6-11,18-19,23,26H,4-5H2,1-3H3,(H2,22,25)(H,24,27);1-5H,(H2,8,9). The van der Waals surface area contributed by atoms with Crippen LogP contribution < -0.4 is 22.1 Å². The largest absolute Gasteiger partial charge is 0.381 e. The van der Waals surface area contributed by atoms with Crippen LogP contribution in [-0.2, 0) is 11.2 Å². The number of fused-ring (bicyclic) bond motifs is 1. The number of amides is 2. The van der Waals surface area contributed by atoms with E-state index in [0.29, 0.717) is 22.9 Å². The van der Waals surface area contributed by atoms with Gasteiger partial charge in [0, 0.05) is 11.3 Å². The third kappa shape index (κ3) is 7.36. The summed E-state index contributed by atoms with van der Waals surface area (Å²) >= 11 is 1.36. The summed E-state index contributed by atoms with van der Waals surface area (Å²) in [5.74, 6) is -0.837. The van der Waals surface area contributed by atoms with Gasteiger partial charge in [0.05, 0.1) is 16.3 Å². The van der Waals surface area contributed by atoms with E-state index in [-0.39, 0.29) is 5.91 Å². The molecule has 3 aromatic carbocycles. The lowest BCUT2D eigenvalue weighted by Crippen LogP contribution is -2.40. The molecule has 0 aliphatic heterocycles. The highest BCUT2D eigenvalue weighted by molar-refractivity contribution is 7.22. The van der Waals surface area contributed by atoms with Gasteiger partial charge in [-0.05, 0) is 66.9 Å². The van der Waals surface area contributed by atoms with Gasteiger partial charge < -0.3 is 27.2 Å². The van der Waals surface area contributed by atoms with Crippen molar-refractivity contribution in [3.63, 3.8) is 0 Å². The van der Waals surface area contributed by atoms with E-state index in [9.17, 15) is 14.7 Å². The molecule has 194 valence electrons. The number of nitrogen functional groups attached to an aromatic ring is 1. The number of rotatable bonds is 8. The van der Waals surface area contributed by atoms with E-state index < -0.39 is 18.1 Å². The van der Waals surface area contributed by atoms with Gasteiger partial charge in [0.15, 0.2) is 11.2 Å². The van der Waals surface area contributed by atoms with Crippen LogP contribution in [0.4, 0.5) is 10.8 Å². The van der Waals surface area contributed by atoms with Crippen molar-refractivity contribution in [3.05, 3.63) is 89.0 Å². The topological polar surface area (TPSA) is 143 Å². The molecule has 8 nitrogen and oxygen atoms in total. The highest BCUT2D eigenvalue weighted by atomic mass is 32.1. The molecule has 37 heavy (non-hydrogen) atoms. The minimum Gasteiger partial charge on any atom is -0.381 e. The van der Waals surface area contributed by atoms with Crippen LogP contribution >= 0.6 is 11.3 Å². The first-order valence-corrected chi connectivity index (χ1v) is 12.9. The minimum atomic E-state index is -1.23. The zero-order valence-electron chi connectivity index (χ0n) is 21.2. The molecule has 4 aromatic rings. The molecule has 2 unspecified atom stereocenters. The summed E-state index contributed by atoms with van der Waals surface area (Å²) in [6.07, 6.45) is -0.278. The summed E-state index contributed by atoms with van der Waals surface area (Å²) in [5.41, 5.74) is 16.0. The van der Waals surface area contributed by atoms with Gasteiger partial charge in [-0.1, -0.05) is 61.6 Å². The van der Waals surface area contributed by atoms with Gasteiger partial charge in [-0.2, -0.15) is 0 Å². The molecule has 0 saturated heterocycles. The Kier molecular flexibility index (Phi) is 9.73. The monoisotopic (exact) mass is 519 g/mol. The van der Waals surface area contributed by atoms with Gasteiger partial charge in [-0.25, -0.2) is 4.98 Å². The normalized spacial score (nSPS) is 12.3. The number of aliphatic hydroxyl groups excluding tert-OH is 1. The Morgan fingerprint density at radius 1 is 1.05 bits per heavy atom. The molecule has 2 amide bonds. The Labute approximate surface area is 220 Å². The van der Waals surface area contributed by atoms with Gasteiger partial charge >= 0.3 is 0 Å². The molecule has 0 saturated carbocycles. The number of benzene rings is 3. The van der Waals surface area contributed by atoms with E-state index in [0.717, 1.165) is 27.8 Å². The second-order valence-corrected chi connectivity index (χ2v) is 9.54. The Morgan fingerprint density at radius 2 is 1.78 bits per heavy atom. The van der Waals surface area contributed by atoms with E-state index in [4.69, 9.17) is 11.5 Å². The molecular formula is C28H33N5O3S. The summed E-state index contributed by atoms with van der Waals surface area (Å²) < 4.78 is 0.888. The number of carbonyl (C=O) groups excluding carboxylic acids is 2. The van der Waals surface area contributed by atoms with Gasteiger partial charge in [-0.3, -0.25) is 9.59 Å². The molecule has 0 fully saturated rings. The van der Waals surface area contributed by atoms with Crippen LogP contribution in [0, 0.1) is 6.92 Å². The number of likely N-dealkylation sites (N-methyl/N-ethyl adjacent to an activating group) is 1. The minimum absolute atomic E-state index is 0.379. The summed E-state index contributed by atoms with van der Waals surface area (Å²) in [4.78, 5) is 27.3. The quantitative estimate of drug-likeness (QED) is 0.236. The van der Waals surface area contributed by atoms with Crippen molar-refractivity contribution in [1.82, 2.24) is 10.3 Å². The van der Waals surface area contributed by atoms with Crippen LogP contribution in [-0.4, -0.2) is 34.6 Å². The number of aromatic nitrogens is 1. The maximum absolute atomic E-state index is 12.7. The number of thiazole rings is 1. The number of hydrogen-bond acceptors (Lipinski definition) is 7. The maximum atomic E-state index is 12.7. The molecule has 7 N–H and O–H groups in total. The lowest BCUT2D eigenvalue weighted by molar-refractivity contribution is -0.125. The number of nitrogens with two attached hydrogens (primary N) is 2. The van der Waals surface area contributed by atoms with Crippen molar-refractivity contribution < 1.29 is 14.7 Å². The lowest BCUT2D eigenvalue weighted by Gasteiger charge is -2.24. The first-order valence-electron chi connectivity index (χ1n) is 12.1. The maximum Gasteiger partial charge on any atom is 0.255 e. The van der Waals surface area contributed by atoms with Crippen LogP contribution in [0.1, 0.15) is 46.9 Å². The van der Waals surface area contributed by atoms with Crippen LogP contribution in [0.15, 0.2) is 66.7 Å². The zero-order valence-corrected chi connectivity index (χ0v) is 22.0. The number of carbonyl (C=O) groups is 2. The fraction of sp³-hybridized carbons (Fsp3) is 0.250. The summed E-state index contributed by atoms with van der Waals surface area (Å²) in [7, 11) is 0. The van der Waals surface area contributed by atoms with Crippen LogP contribution in [0.25, 0.3) is 10.2 Å². The van der Waals surface area contributed by atoms with Crippen molar-refractivity contribution in [2.24, 2.45) is 5.73 Å². The van der Waals surface area contributed by atoms with E-state index in [1.807, 2.05) is 38.1 Å². The summed E-state index contributed by atoms with van der Waals surface area (Å²) in [5, 5.41) is 17.3. The van der Waals surface area contributed by atoms with Gasteiger partial charge in [-0.15, -0.1) is 0 Å². The fourth-order valence-electron chi connectivity index (χ4n) is 3.93. The Balaban J connectivity index is 0.000000356. The average Bonchev–Trinajstić information content (AvgIpc) is 3.27. The molecule has 4 rings (SSSR count). The predicted octanol–water partition coefficient (Wildman–Crippen LogP) is 4.19. The Hall–Kier alpha value is -3.79. The van der Waals surface area contributed by atoms with E-state index in [1.54, 1.807) is 36.4 Å². The third-order valence-corrected chi connectivity index (χ3v) is 6.69. The van der Waals surface area contributed by atoms with Gasteiger partial charge in [0.1, 0.15) is 0 Å². The van der Waals surface area contributed by atoms with Crippen LogP contribution in [0.5, 0.6) is 0 Å². The average molecular weight is 520 g/mol. The molecule has 1 heterocycles. The first kappa shape index (κ1) is 27.8. The van der Waals surface area contributed by atoms with Crippen molar-refractivity contribution in [2.45, 2.75) is 39.3 Å². The molecular weight excluding hydrogens is 486 g/mol. The van der Waals surface area contributed by atoms with Crippen molar-refractivity contribution in [3.8, 4) is 0 Å². The van der Waals surface area contributed by atoms with Crippen molar-refractivity contribution in [1.29, 1.82) is 0 Å². The van der Waals surface area contributed by atoms with Crippen LogP contribution in [0.2, 0.25) is 0 Å². The second kappa shape index (κ2) is 13.0. The Bertz CT molecular complexity index is 1360. The molecule has 0 bridgehead atoms. The molecule has 0 aliphatic rings. The van der Waals surface area contributed by atoms with E-state index >= 15 is 0 Å². The summed E-state index contributed by atoms with van der Waals surface area (Å²) in [6, 6.07) is 19.7. The molecule has 0 radical (unpaired) electrons. The zero-order chi connectivity index (χ0) is 26.9.